The van der Waals surface area contributed by atoms with Crippen molar-refractivity contribution in [3.8, 4) is 0 Å². The van der Waals surface area contributed by atoms with Gasteiger partial charge in [-0.3, -0.25) is 0 Å². The maximum absolute atomic E-state index is 5.74. The fourth-order valence-corrected chi connectivity index (χ4v) is 2.59. The molecule has 1 rings (SSSR count). The first-order valence-electron chi connectivity index (χ1n) is 5.45. The summed E-state index contributed by atoms with van der Waals surface area (Å²) in [5.74, 6) is 2.68. The molecule has 16 heavy (non-hydrogen) atoms. The predicted octanol–water partition coefficient (Wildman–Crippen LogP) is 3.40. The Balaban J connectivity index is 2.73. The lowest BCUT2D eigenvalue weighted by molar-refractivity contribution is 0.666. The Morgan fingerprint density at radius 3 is 2.69 bits per heavy atom. The Labute approximate surface area is 107 Å². The van der Waals surface area contributed by atoms with Crippen molar-refractivity contribution in [3.05, 3.63) is 23.9 Å². The summed E-state index contributed by atoms with van der Waals surface area (Å²) < 4.78 is 0. The van der Waals surface area contributed by atoms with Gasteiger partial charge >= 0.3 is 0 Å². The molecule has 0 saturated carbocycles. The van der Waals surface area contributed by atoms with Crippen LogP contribution in [0.5, 0.6) is 0 Å². The topological polar surface area (TPSA) is 16.1 Å². The van der Waals surface area contributed by atoms with Crippen LogP contribution in [0.25, 0.3) is 0 Å². The predicted molar refractivity (Wildman–Crippen MR) is 74.7 cm³/mol. The van der Waals surface area contributed by atoms with Crippen molar-refractivity contribution in [3.63, 3.8) is 0 Å². The van der Waals surface area contributed by atoms with E-state index in [2.05, 4.69) is 30.1 Å². The lowest BCUT2D eigenvalue weighted by Crippen LogP contribution is -2.33. The van der Waals surface area contributed by atoms with Gasteiger partial charge in [0, 0.05) is 30.9 Å². The van der Waals surface area contributed by atoms with E-state index in [4.69, 9.17) is 11.6 Å². The van der Waals surface area contributed by atoms with Crippen LogP contribution in [0.2, 0.25) is 0 Å². The molecule has 4 heteroatoms. The summed E-state index contributed by atoms with van der Waals surface area (Å²) in [6.07, 6.45) is 5.13. The van der Waals surface area contributed by atoms with Gasteiger partial charge in [0.05, 0.1) is 0 Å². The molecule has 0 aliphatic heterocycles. The standard InChI is InChI=1S/C12H19ClN2S/c1-4-11(9-16-3)15(2)12-6-5-10(7-13)8-14-12/h5-6,8,11H,4,7,9H2,1-3H3. The van der Waals surface area contributed by atoms with Gasteiger partial charge in [0.25, 0.3) is 0 Å². The van der Waals surface area contributed by atoms with Gasteiger partial charge in [0.2, 0.25) is 0 Å². The van der Waals surface area contributed by atoms with Crippen molar-refractivity contribution in [1.29, 1.82) is 0 Å². The van der Waals surface area contributed by atoms with Gasteiger partial charge in [-0.15, -0.1) is 11.6 Å². The largest absolute Gasteiger partial charge is 0.356 e. The Kier molecular flexibility index (Phi) is 5.99. The molecule has 90 valence electrons. The first-order chi connectivity index (χ1) is 7.72. The monoisotopic (exact) mass is 258 g/mol. The third-order valence-electron chi connectivity index (χ3n) is 2.70. The van der Waals surface area contributed by atoms with E-state index in [1.807, 2.05) is 30.1 Å². The summed E-state index contributed by atoms with van der Waals surface area (Å²) in [4.78, 5) is 6.68. The zero-order valence-corrected chi connectivity index (χ0v) is 11.7. The molecule has 0 fully saturated rings. The number of halogens is 1. The lowest BCUT2D eigenvalue weighted by atomic mass is 10.2. The second-order valence-electron chi connectivity index (χ2n) is 3.79. The number of hydrogen-bond acceptors (Lipinski definition) is 3. The molecule has 0 aliphatic rings. The van der Waals surface area contributed by atoms with E-state index in [0.717, 1.165) is 23.6 Å². The number of pyridine rings is 1. The van der Waals surface area contributed by atoms with Gasteiger partial charge in [-0.25, -0.2) is 4.98 Å². The highest BCUT2D eigenvalue weighted by Crippen LogP contribution is 2.17. The van der Waals surface area contributed by atoms with E-state index in [0.29, 0.717) is 11.9 Å². The molecule has 0 aliphatic carbocycles. The zero-order chi connectivity index (χ0) is 12.0. The fraction of sp³-hybridized carbons (Fsp3) is 0.583. The van der Waals surface area contributed by atoms with Crippen LogP contribution in [0.3, 0.4) is 0 Å². The highest BCUT2D eigenvalue weighted by atomic mass is 35.5. The van der Waals surface area contributed by atoms with Gasteiger partial charge in [-0.05, 0) is 24.3 Å². The van der Waals surface area contributed by atoms with E-state index in [9.17, 15) is 0 Å². The molecule has 1 aromatic rings. The van der Waals surface area contributed by atoms with Crippen molar-refractivity contribution < 1.29 is 0 Å². The Hall–Kier alpha value is -0.410. The van der Waals surface area contributed by atoms with Crippen LogP contribution in [0, 0.1) is 0 Å². The average Bonchev–Trinajstić information content (AvgIpc) is 2.35. The number of hydrogen-bond donors (Lipinski definition) is 0. The average molecular weight is 259 g/mol. The maximum Gasteiger partial charge on any atom is 0.128 e. The van der Waals surface area contributed by atoms with Gasteiger partial charge < -0.3 is 4.90 Å². The molecule has 0 amide bonds. The lowest BCUT2D eigenvalue weighted by Gasteiger charge is -2.27. The summed E-state index contributed by atoms with van der Waals surface area (Å²) in [6, 6.07) is 4.63. The number of thioether (sulfide) groups is 1. The SMILES string of the molecule is CCC(CSC)N(C)c1ccc(CCl)cn1. The van der Waals surface area contributed by atoms with Gasteiger partial charge in [-0.2, -0.15) is 11.8 Å². The highest BCUT2D eigenvalue weighted by molar-refractivity contribution is 7.98. The Bertz CT molecular complexity index is 302. The van der Waals surface area contributed by atoms with Crippen LogP contribution in [0.1, 0.15) is 18.9 Å². The summed E-state index contributed by atoms with van der Waals surface area (Å²) in [5.41, 5.74) is 1.07. The molecule has 0 N–H and O–H groups in total. The third kappa shape index (κ3) is 3.56. The van der Waals surface area contributed by atoms with E-state index in [-0.39, 0.29) is 0 Å². The minimum Gasteiger partial charge on any atom is -0.356 e. The Morgan fingerprint density at radius 2 is 2.25 bits per heavy atom. The molecule has 2 nitrogen and oxygen atoms in total. The van der Waals surface area contributed by atoms with E-state index >= 15 is 0 Å². The molecular weight excluding hydrogens is 240 g/mol. The van der Waals surface area contributed by atoms with Crippen molar-refractivity contribution in [2.45, 2.75) is 25.3 Å². The maximum atomic E-state index is 5.74. The van der Waals surface area contributed by atoms with Crippen LogP contribution in [0.4, 0.5) is 5.82 Å². The zero-order valence-electron chi connectivity index (χ0n) is 10.1. The van der Waals surface area contributed by atoms with Crippen LogP contribution in [-0.4, -0.2) is 30.1 Å². The van der Waals surface area contributed by atoms with E-state index < -0.39 is 0 Å². The summed E-state index contributed by atoms with van der Waals surface area (Å²) >= 11 is 7.62. The molecule has 0 radical (unpaired) electrons. The summed E-state index contributed by atoms with van der Waals surface area (Å²) in [6.45, 7) is 2.21. The second-order valence-corrected chi connectivity index (χ2v) is 4.96. The van der Waals surface area contributed by atoms with Crippen molar-refractivity contribution in [2.24, 2.45) is 0 Å². The molecular formula is C12H19ClN2S. The smallest absolute Gasteiger partial charge is 0.128 e. The highest BCUT2D eigenvalue weighted by Gasteiger charge is 2.13. The van der Waals surface area contributed by atoms with Gasteiger partial charge in [0.1, 0.15) is 5.82 Å². The van der Waals surface area contributed by atoms with Crippen molar-refractivity contribution in [2.75, 3.05) is 24.0 Å². The molecule has 0 bridgehead atoms. The minimum absolute atomic E-state index is 0.527. The molecule has 1 heterocycles. The summed E-state index contributed by atoms with van der Waals surface area (Å²) in [5, 5.41) is 0. The number of nitrogens with zero attached hydrogens (tertiary/aromatic N) is 2. The number of rotatable bonds is 6. The molecule has 1 aromatic heterocycles. The van der Waals surface area contributed by atoms with Gasteiger partial charge in [0.15, 0.2) is 0 Å². The Morgan fingerprint density at radius 1 is 1.50 bits per heavy atom. The number of alkyl halides is 1. The first-order valence-corrected chi connectivity index (χ1v) is 7.38. The van der Waals surface area contributed by atoms with E-state index in [1.54, 1.807) is 0 Å². The molecule has 0 spiro atoms. The normalized spacial score (nSPS) is 12.5. The molecule has 0 aromatic carbocycles. The molecule has 1 unspecified atom stereocenters. The minimum atomic E-state index is 0.527. The quantitative estimate of drug-likeness (QED) is 0.728. The third-order valence-corrected chi connectivity index (χ3v) is 3.73. The first kappa shape index (κ1) is 13.7. The van der Waals surface area contributed by atoms with E-state index in [1.165, 1.54) is 0 Å². The van der Waals surface area contributed by atoms with Crippen LogP contribution < -0.4 is 4.90 Å². The van der Waals surface area contributed by atoms with Crippen LogP contribution in [-0.2, 0) is 5.88 Å². The van der Waals surface area contributed by atoms with Crippen LogP contribution in [0.15, 0.2) is 18.3 Å². The van der Waals surface area contributed by atoms with Crippen molar-refractivity contribution in [1.82, 2.24) is 4.98 Å². The summed E-state index contributed by atoms with van der Waals surface area (Å²) in [7, 11) is 2.10. The van der Waals surface area contributed by atoms with Gasteiger partial charge in [-0.1, -0.05) is 13.0 Å². The molecule has 1 atom stereocenters. The number of anilines is 1. The van der Waals surface area contributed by atoms with Crippen molar-refractivity contribution >= 4 is 29.2 Å². The fourth-order valence-electron chi connectivity index (χ4n) is 1.59. The van der Waals surface area contributed by atoms with Crippen LogP contribution >= 0.6 is 23.4 Å². The molecule has 0 saturated heterocycles. The second kappa shape index (κ2) is 7.02. The number of aromatic nitrogens is 1.